The number of aromatic nitrogens is 1. The van der Waals surface area contributed by atoms with Crippen molar-refractivity contribution in [2.75, 3.05) is 37.4 Å². The molecule has 4 heteroatoms. The third-order valence-corrected chi connectivity index (χ3v) is 7.22. The van der Waals surface area contributed by atoms with Crippen molar-refractivity contribution in [3.05, 3.63) is 66.2 Å². The Morgan fingerprint density at radius 1 is 0.853 bits per heavy atom. The Morgan fingerprint density at radius 3 is 2.38 bits per heavy atom. The number of hydrogen-bond acceptors (Lipinski definition) is 4. The summed E-state index contributed by atoms with van der Waals surface area (Å²) >= 11 is 0. The van der Waals surface area contributed by atoms with Crippen LogP contribution in [0.4, 0.5) is 11.5 Å². The molecular weight excluding hydrogens is 416 g/mol. The topological polar surface area (TPSA) is 40.2 Å². The summed E-state index contributed by atoms with van der Waals surface area (Å²) in [4.78, 5) is 7.07. The van der Waals surface area contributed by atoms with Crippen LogP contribution in [0.25, 0.3) is 10.9 Å². The Balaban J connectivity index is 1.11. The Hall–Kier alpha value is -2.59. The van der Waals surface area contributed by atoms with Crippen LogP contribution in [0, 0.1) is 5.92 Å². The number of para-hydroxylation sites is 1. The first-order valence-corrected chi connectivity index (χ1v) is 13.3. The minimum Gasteiger partial charge on any atom is -0.377 e. The fraction of sp³-hybridized carbons (Fsp3) is 0.500. The van der Waals surface area contributed by atoms with E-state index in [2.05, 4.69) is 90.3 Å². The van der Waals surface area contributed by atoms with Crippen molar-refractivity contribution in [3.8, 4) is 0 Å². The molecule has 0 unspecified atom stereocenters. The predicted molar refractivity (Wildman–Crippen MR) is 147 cm³/mol. The van der Waals surface area contributed by atoms with E-state index in [1.165, 1.54) is 81.0 Å². The molecule has 1 aliphatic carbocycles. The summed E-state index contributed by atoms with van der Waals surface area (Å²) in [5.74, 6) is 1.83. The van der Waals surface area contributed by atoms with E-state index in [1.54, 1.807) is 0 Å². The van der Waals surface area contributed by atoms with E-state index in [0.717, 1.165) is 23.8 Å². The third-order valence-electron chi connectivity index (χ3n) is 7.22. The Kier molecular flexibility index (Phi) is 9.20. The number of aryl methyl sites for hydroxylation is 1. The molecular formula is C30H42N4. The van der Waals surface area contributed by atoms with Crippen molar-refractivity contribution >= 4 is 22.4 Å². The summed E-state index contributed by atoms with van der Waals surface area (Å²) in [5, 5.41) is 8.68. The molecule has 4 nitrogen and oxygen atoms in total. The summed E-state index contributed by atoms with van der Waals surface area (Å²) < 4.78 is 0. The first-order valence-electron chi connectivity index (χ1n) is 13.3. The molecule has 1 saturated carbocycles. The average Bonchev–Trinajstić information content (AvgIpc) is 2.86. The molecule has 2 aromatic carbocycles. The van der Waals surface area contributed by atoms with Crippen molar-refractivity contribution in [3.63, 3.8) is 0 Å². The molecule has 4 rings (SSSR count). The number of anilines is 2. The van der Waals surface area contributed by atoms with E-state index in [-0.39, 0.29) is 0 Å². The number of benzene rings is 2. The average molecular weight is 459 g/mol. The smallest absolute Gasteiger partial charge is 0.128 e. The van der Waals surface area contributed by atoms with Crippen LogP contribution < -0.4 is 15.5 Å². The van der Waals surface area contributed by atoms with Crippen molar-refractivity contribution in [2.24, 2.45) is 5.92 Å². The lowest BCUT2D eigenvalue weighted by Crippen LogP contribution is -2.31. The van der Waals surface area contributed by atoms with E-state index < -0.39 is 0 Å². The summed E-state index contributed by atoms with van der Waals surface area (Å²) in [6, 6.07) is 22.0. The quantitative estimate of drug-likeness (QED) is 0.298. The number of nitrogens with zero attached hydrogens (tertiary/aromatic N) is 2. The van der Waals surface area contributed by atoms with Crippen molar-refractivity contribution < 1.29 is 0 Å². The number of nitrogens with one attached hydrogen (secondary N) is 2. The summed E-state index contributed by atoms with van der Waals surface area (Å²) in [5.41, 5.74) is 3.76. The molecule has 0 atom stereocenters. The SMILES string of the molecule is CN(C)c1cc(N[C@H]2CC[C@@H](CNCCCCCCc3ccccc3)CC2)nc2ccccc12. The second-order valence-electron chi connectivity index (χ2n) is 10.2. The van der Waals surface area contributed by atoms with Crippen LogP contribution in [0.2, 0.25) is 0 Å². The molecule has 182 valence electrons. The number of unbranched alkanes of at least 4 members (excludes halogenated alkanes) is 3. The first-order chi connectivity index (χ1) is 16.7. The van der Waals surface area contributed by atoms with Gasteiger partial charge in [0, 0.05) is 37.3 Å². The van der Waals surface area contributed by atoms with Gasteiger partial charge in [-0.2, -0.15) is 0 Å². The normalized spacial score (nSPS) is 18.2. The second kappa shape index (κ2) is 12.8. The molecule has 3 aromatic rings. The lowest BCUT2D eigenvalue weighted by atomic mass is 9.86. The molecule has 0 bridgehead atoms. The van der Waals surface area contributed by atoms with Gasteiger partial charge in [-0.1, -0.05) is 61.4 Å². The van der Waals surface area contributed by atoms with Gasteiger partial charge in [0.25, 0.3) is 0 Å². The zero-order valence-corrected chi connectivity index (χ0v) is 21.1. The molecule has 1 aliphatic rings. The molecule has 34 heavy (non-hydrogen) atoms. The van der Waals surface area contributed by atoms with Crippen LogP contribution in [-0.4, -0.2) is 38.2 Å². The first kappa shape index (κ1) is 24.5. The molecule has 0 saturated heterocycles. The van der Waals surface area contributed by atoms with Crippen molar-refractivity contribution in [2.45, 2.75) is 63.8 Å². The van der Waals surface area contributed by atoms with Crippen LogP contribution >= 0.6 is 0 Å². The Labute approximate surface area is 206 Å². The fourth-order valence-corrected chi connectivity index (χ4v) is 5.20. The largest absolute Gasteiger partial charge is 0.377 e. The maximum Gasteiger partial charge on any atom is 0.128 e. The molecule has 1 aromatic heterocycles. The van der Waals surface area contributed by atoms with Gasteiger partial charge in [-0.15, -0.1) is 0 Å². The highest BCUT2D eigenvalue weighted by Crippen LogP contribution is 2.30. The number of fused-ring (bicyclic) bond motifs is 1. The van der Waals surface area contributed by atoms with Gasteiger partial charge in [0.05, 0.1) is 5.52 Å². The van der Waals surface area contributed by atoms with Crippen molar-refractivity contribution in [1.82, 2.24) is 10.3 Å². The van der Waals surface area contributed by atoms with Crippen molar-refractivity contribution in [1.29, 1.82) is 0 Å². The van der Waals surface area contributed by atoms with E-state index >= 15 is 0 Å². The van der Waals surface area contributed by atoms with Crippen LogP contribution in [0.3, 0.4) is 0 Å². The molecule has 1 heterocycles. The van der Waals surface area contributed by atoms with E-state index in [0.29, 0.717) is 6.04 Å². The van der Waals surface area contributed by atoms with Crippen LogP contribution in [0.1, 0.15) is 56.9 Å². The third kappa shape index (κ3) is 7.20. The van der Waals surface area contributed by atoms with Gasteiger partial charge in [-0.3, -0.25) is 0 Å². The van der Waals surface area contributed by atoms with Gasteiger partial charge >= 0.3 is 0 Å². The second-order valence-corrected chi connectivity index (χ2v) is 10.2. The molecule has 0 spiro atoms. The zero-order chi connectivity index (χ0) is 23.6. The highest BCUT2D eigenvalue weighted by molar-refractivity contribution is 5.93. The summed E-state index contributed by atoms with van der Waals surface area (Å²) in [6.07, 6.45) is 11.6. The number of rotatable bonds is 12. The van der Waals surface area contributed by atoms with Gasteiger partial charge < -0.3 is 15.5 Å². The van der Waals surface area contributed by atoms with Gasteiger partial charge in [-0.05, 0) is 75.6 Å². The van der Waals surface area contributed by atoms with Gasteiger partial charge in [-0.25, -0.2) is 4.98 Å². The molecule has 0 radical (unpaired) electrons. The van der Waals surface area contributed by atoms with Gasteiger partial charge in [0.15, 0.2) is 0 Å². The van der Waals surface area contributed by atoms with E-state index in [4.69, 9.17) is 4.98 Å². The lowest BCUT2D eigenvalue weighted by molar-refractivity contribution is 0.324. The molecule has 0 amide bonds. The fourth-order valence-electron chi connectivity index (χ4n) is 5.20. The van der Waals surface area contributed by atoms with E-state index in [9.17, 15) is 0 Å². The van der Waals surface area contributed by atoms with Crippen LogP contribution in [0.15, 0.2) is 60.7 Å². The maximum absolute atomic E-state index is 4.89. The summed E-state index contributed by atoms with van der Waals surface area (Å²) in [7, 11) is 4.21. The van der Waals surface area contributed by atoms with Crippen LogP contribution in [0.5, 0.6) is 0 Å². The molecule has 0 aliphatic heterocycles. The van der Waals surface area contributed by atoms with E-state index in [1.807, 2.05) is 0 Å². The zero-order valence-electron chi connectivity index (χ0n) is 21.1. The predicted octanol–water partition coefficient (Wildman–Crippen LogP) is 6.66. The monoisotopic (exact) mass is 458 g/mol. The minimum absolute atomic E-state index is 0.532. The molecule has 1 fully saturated rings. The highest BCUT2D eigenvalue weighted by Gasteiger charge is 2.21. The Bertz CT molecular complexity index is 993. The number of pyridine rings is 1. The van der Waals surface area contributed by atoms with Gasteiger partial charge in [0.2, 0.25) is 0 Å². The van der Waals surface area contributed by atoms with Gasteiger partial charge in [0.1, 0.15) is 5.82 Å². The lowest BCUT2D eigenvalue weighted by Gasteiger charge is -2.30. The minimum atomic E-state index is 0.532. The highest BCUT2D eigenvalue weighted by atomic mass is 15.1. The molecule has 2 N–H and O–H groups in total. The summed E-state index contributed by atoms with van der Waals surface area (Å²) in [6.45, 7) is 2.34. The Morgan fingerprint density at radius 2 is 1.59 bits per heavy atom. The number of hydrogen-bond donors (Lipinski definition) is 2. The standard InChI is InChI=1S/C30H42N4/c1-34(2)29-22-30(33-28-16-10-9-15-27(28)29)32-26-19-17-25(18-20-26)23-31-21-11-4-3-6-12-24-13-7-5-8-14-24/h5,7-10,13-16,22,25-26,31H,3-4,6,11-12,17-21,23H2,1-2H3,(H,32,33)/t25-,26+. The van der Waals surface area contributed by atoms with Crippen LogP contribution in [-0.2, 0) is 6.42 Å². The maximum atomic E-state index is 4.89.